The van der Waals surface area contributed by atoms with Gasteiger partial charge >= 0.3 is 0 Å². The maximum absolute atomic E-state index is 13.3. The molecule has 2 amide bonds. The topological polar surface area (TPSA) is 91.8 Å². The number of rotatable bonds is 6. The molecule has 2 aromatic rings. The highest BCUT2D eigenvalue weighted by molar-refractivity contribution is 8.01. The van der Waals surface area contributed by atoms with Crippen molar-refractivity contribution < 1.29 is 19.1 Å². The SMILES string of the molecule is C=CC(=O)N1CCCN(C(=O)c2cc(Sc3cnc(NC)s3)c(C)cc2OC)CC1.C=O. The van der Waals surface area contributed by atoms with Gasteiger partial charge in [-0.1, -0.05) is 29.7 Å². The number of nitrogens with one attached hydrogen (secondary N) is 1. The summed E-state index contributed by atoms with van der Waals surface area (Å²) in [5.41, 5.74) is 1.57. The first-order valence-corrected chi connectivity index (χ1v) is 11.6. The van der Waals surface area contributed by atoms with Crippen molar-refractivity contribution in [1.82, 2.24) is 14.8 Å². The average Bonchev–Trinajstić information content (AvgIpc) is 3.14. The Morgan fingerprint density at radius 1 is 1.22 bits per heavy atom. The zero-order valence-electron chi connectivity index (χ0n) is 18.6. The van der Waals surface area contributed by atoms with E-state index in [9.17, 15) is 9.59 Å². The fourth-order valence-corrected chi connectivity index (χ4v) is 5.17. The minimum Gasteiger partial charge on any atom is -0.496 e. The summed E-state index contributed by atoms with van der Waals surface area (Å²) in [4.78, 5) is 42.1. The van der Waals surface area contributed by atoms with Crippen molar-refractivity contribution in [1.29, 1.82) is 0 Å². The van der Waals surface area contributed by atoms with Crippen molar-refractivity contribution in [2.75, 3.05) is 45.7 Å². The van der Waals surface area contributed by atoms with Crippen molar-refractivity contribution in [2.24, 2.45) is 0 Å². The predicted molar refractivity (Wildman–Crippen MR) is 128 cm³/mol. The second-order valence-corrected chi connectivity index (χ2v) is 9.20. The van der Waals surface area contributed by atoms with Gasteiger partial charge in [-0.15, -0.1) is 0 Å². The lowest BCUT2D eigenvalue weighted by Crippen LogP contribution is -2.36. The van der Waals surface area contributed by atoms with Crippen LogP contribution in [0.4, 0.5) is 5.13 Å². The number of hydrogen-bond donors (Lipinski definition) is 1. The van der Waals surface area contributed by atoms with Gasteiger partial charge in [-0.2, -0.15) is 0 Å². The van der Waals surface area contributed by atoms with Crippen LogP contribution in [0.2, 0.25) is 0 Å². The van der Waals surface area contributed by atoms with Gasteiger partial charge in [-0.25, -0.2) is 4.98 Å². The average molecular weight is 477 g/mol. The number of amides is 2. The molecular formula is C22H28N4O4S2. The third-order valence-electron chi connectivity index (χ3n) is 4.91. The molecule has 1 aliphatic rings. The molecule has 1 fully saturated rings. The summed E-state index contributed by atoms with van der Waals surface area (Å²) in [6.07, 6.45) is 3.88. The molecule has 0 aliphatic carbocycles. The Morgan fingerprint density at radius 2 is 1.91 bits per heavy atom. The summed E-state index contributed by atoms with van der Waals surface area (Å²) in [6, 6.07) is 3.80. The van der Waals surface area contributed by atoms with Crippen molar-refractivity contribution in [3.8, 4) is 5.75 Å². The van der Waals surface area contributed by atoms with Crippen molar-refractivity contribution in [3.05, 3.63) is 42.1 Å². The molecular weight excluding hydrogens is 448 g/mol. The number of anilines is 1. The van der Waals surface area contributed by atoms with E-state index in [0.717, 1.165) is 26.2 Å². The fraction of sp³-hybridized carbons (Fsp3) is 0.364. The molecule has 0 spiro atoms. The molecule has 8 nitrogen and oxygen atoms in total. The van der Waals surface area contributed by atoms with Crippen molar-refractivity contribution in [2.45, 2.75) is 22.4 Å². The molecule has 2 heterocycles. The third kappa shape index (κ3) is 6.10. The highest BCUT2D eigenvalue weighted by atomic mass is 32.2. The van der Waals surface area contributed by atoms with E-state index in [1.165, 1.54) is 6.08 Å². The van der Waals surface area contributed by atoms with Gasteiger partial charge < -0.3 is 24.6 Å². The Kier molecular flexibility index (Phi) is 9.73. The monoisotopic (exact) mass is 476 g/mol. The minimum absolute atomic E-state index is 0.0816. The first-order chi connectivity index (χ1) is 15.5. The van der Waals surface area contributed by atoms with Crippen LogP contribution in [-0.2, 0) is 9.59 Å². The molecule has 32 heavy (non-hydrogen) atoms. The standard InChI is InChI=1S/C21H26N4O3S2.CH2O/c1-5-18(26)24-7-6-8-25(10-9-24)20(27)15-12-17(14(2)11-16(15)28-4)29-19-13-23-21(22-3)30-19;1-2/h5,11-13H,1,6-10H2,2-4H3,(H,22,23);1H2. The van der Waals surface area contributed by atoms with Crippen LogP contribution >= 0.6 is 23.1 Å². The number of methoxy groups -OCH3 is 1. The highest BCUT2D eigenvalue weighted by Crippen LogP contribution is 2.38. The third-order valence-corrected chi connectivity index (χ3v) is 7.18. The number of carbonyl (C=O) groups excluding carboxylic acids is 3. The highest BCUT2D eigenvalue weighted by Gasteiger charge is 2.25. The lowest BCUT2D eigenvalue weighted by molar-refractivity contribution is -0.125. The van der Waals surface area contributed by atoms with Gasteiger partial charge in [0.1, 0.15) is 12.5 Å². The zero-order chi connectivity index (χ0) is 23.7. The number of hydrogen-bond acceptors (Lipinski definition) is 8. The Bertz CT molecular complexity index is 963. The number of nitrogens with zero attached hydrogens (tertiary/aromatic N) is 3. The largest absolute Gasteiger partial charge is 0.496 e. The Hall–Kier alpha value is -2.85. The van der Waals surface area contributed by atoms with Crippen LogP contribution in [0.1, 0.15) is 22.3 Å². The second-order valence-electron chi connectivity index (χ2n) is 6.83. The summed E-state index contributed by atoms with van der Waals surface area (Å²) in [5.74, 6) is 0.383. The van der Waals surface area contributed by atoms with Crippen LogP contribution in [0.5, 0.6) is 5.75 Å². The molecule has 1 N–H and O–H groups in total. The quantitative estimate of drug-likeness (QED) is 0.640. The Morgan fingerprint density at radius 3 is 2.53 bits per heavy atom. The smallest absolute Gasteiger partial charge is 0.257 e. The van der Waals surface area contributed by atoms with Crippen LogP contribution < -0.4 is 10.1 Å². The number of ether oxygens (including phenoxy) is 1. The molecule has 172 valence electrons. The van der Waals surface area contributed by atoms with Gasteiger partial charge in [0, 0.05) is 38.1 Å². The number of benzene rings is 1. The van der Waals surface area contributed by atoms with E-state index in [0.29, 0.717) is 37.5 Å². The van der Waals surface area contributed by atoms with E-state index in [2.05, 4.69) is 16.9 Å². The van der Waals surface area contributed by atoms with E-state index in [1.54, 1.807) is 40.0 Å². The fourth-order valence-electron chi connectivity index (χ4n) is 3.28. The van der Waals surface area contributed by atoms with Crippen molar-refractivity contribution in [3.63, 3.8) is 0 Å². The van der Waals surface area contributed by atoms with E-state index in [4.69, 9.17) is 9.53 Å². The Labute approximate surface area is 196 Å². The first kappa shape index (κ1) is 25.4. The van der Waals surface area contributed by atoms with E-state index in [1.807, 2.05) is 39.1 Å². The van der Waals surface area contributed by atoms with Crippen LogP contribution in [0.15, 0.2) is 40.1 Å². The molecule has 0 saturated carbocycles. The summed E-state index contributed by atoms with van der Waals surface area (Å²) >= 11 is 3.15. The van der Waals surface area contributed by atoms with Gasteiger partial charge in [0.25, 0.3) is 5.91 Å². The summed E-state index contributed by atoms with van der Waals surface area (Å²) in [7, 11) is 3.42. The molecule has 3 rings (SSSR count). The predicted octanol–water partition coefficient (Wildman–Crippen LogP) is 3.33. The first-order valence-electron chi connectivity index (χ1n) is 9.96. The van der Waals surface area contributed by atoms with Crippen LogP contribution in [-0.4, -0.2) is 73.7 Å². The maximum Gasteiger partial charge on any atom is 0.257 e. The summed E-state index contributed by atoms with van der Waals surface area (Å²) < 4.78 is 6.56. The van der Waals surface area contributed by atoms with Gasteiger partial charge in [-0.05, 0) is 37.1 Å². The molecule has 0 radical (unpaired) electrons. The normalized spacial score (nSPS) is 13.5. The second kappa shape index (κ2) is 12.3. The Balaban J connectivity index is 0.00000176. The molecule has 1 saturated heterocycles. The summed E-state index contributed by atoms with van der Waals surface area (Å²) in [5, 5.41) is 3.89. The minimum atomic E-state index is -0.0959. The van der Waals surface area contributed by atoms with Crippen molar-refractivity contribution >= 4 is 46.8 Å². The summed E-state index contributed by atoms with van der Waals surface area (Å²) in [6.45, 7) is 9.76. The van der Waals surface area contributed by atoms with Gasteiger partial charge in [0.05, 0.1) is 23.1 Å². The molecule has 10 heteroatoms. The van der Waals surface area contributed by atoms with Crippen LogP contribution in [0, 0.1) is 6.92 Å². The van der Waals surface area contributed by atoms with E-state index in [-0.39, 0.29) is 11.8 Å². The molecule has 1 aliphatic heterocycles. The zero-order valence-corrected chi connectivity index (χ0v) is 20.2. The molecule has 0 bridgehead atoms. The number of aromatic nitrogens is 1. The van der Waals surface area contributed by atoms with E-state index >= 15 is 0 Å². The lowest BCUT2D eigenvalue weighted by Gasteiger charge is -2.23. The maximum atomic E-state index is 13.3. The molecule has 1 aromatic heterocycles. The van der Waals surface area contributed by atoms with Gasteiger partial charge in [0.15, 0.2) is 5.13 Å². The van der Waals surface area contributed by atoms with Crippen LogP contribution in [0.3, 0.4) is 0 Å². The number of thiazole rings is 1. The molecule has 0 unspecified atom stereocenters. The van der Waals surface area contributed by atoms with E-state index < -0.39 is 0 Å². The number of carbonyl (C=O) groups is 3. The molecule has 1 aromatic carbocycles. The van der Waals surface area contributed by atoms with Gasteiger partial charge in [-0.3, -0.25) is 9.59 Å². The number of aryl methyl sites for hydroxylation is 1. The van der Waals surface area contributed by atoms with Crippen LogP contribution in [0.25, 0.3) is 0 Å². The molecule has 0 atom stereocenters. The van der Waals surface area contributed by atoms with Gasteiger partial charge in [0.2, 0.25) is 5.91 Å². The lowest BCUT2D eigenvalue weighted by atomic mass is 10.1.